The van der Waals surface area contributed by atoms with Gasteiger partial charge in [0.25, 0.3) is 0 Å². The van der Waals surface area contributed by atoms with Crippen molar-refractivity contribution in [2.75, 3.05) is 6.54 Å². The van der Waals surface area contributed by atoms with E-state index in [0.29, 0.717) is 12.0 Å². The Bertz CT molecular complexity index is 608. The van der Waals surface area contributed by atoms with Crippen LogP contribution < -0.4 is 10.1 Å². The maximum absolute atomic E-state index is 12.4. The van der Waals surface area contributed by atoms with Crippen molar-refractivity contribution in [2.24, 2.45) is 23.7 Å². The third-order valence-corrected chi connectivity index (χ3v) is 4.82. The smallest absolute Gasteiger partial charge is 0.387 e. The van der Waals surface area contributed by atoms with Gasteiger partial charge >= 0.3 is 12.6 Å². The van der Waals surface area contributed by atoms with E-state index in [9.17, 15) is 23.5 Å². The van der Waals surface area contributed by atoms with Crippen LogP contribution in [0.5, 0.6) is 5.75 Å². The van der Waals surface area contributed by atoms with Crippen LogP contribution in [0.4, 0.5) is 8.78 Å². The van der Waals surface area contributed by atoms with Crippen molar-refractivity contribution in [3.8, 4) is 5.75 Å². The lowest BCUT2D eigenvalue weighted by Gasteiger charge is -2.45. The van der Waals surface area contributed by atoms with Crippen LogP contribution in [-0.4, -0.2) is 30.1 Å². The maximum atomic E-state index is 12.4. The normalized spacial score (nSPS) is 25.9. The number of nitrogens with one attached hydrogen (secondary N) is 1. The van der Waals surface area contributed by atoms with Gasteiger partial charge in [-0.2, -0.15) is 8.78 Å². The Morgan fingerprint density at radius 3 is 2.46 bits per heavy atom. The Balaban J connectivity index is 1.91. The lowest BCUT2D eigenvalue weighted by atomic mass is 9.57. The first-order chi connectivity index (χ1) is 11.3. The molecule has 0 heterocycles. The zero-order valence-corrected chi connectivity index (χ0v) is 13.5. The second kappa shape index (κ2) is 7.59. The van der Waals surface area contributed by atoms with Gasteiger partial charge in [-0.1, -0.05) is 32.0 Å². The number of benzene rings is 1. The molecule has 5 nitrogen and oxygen atoms in total. The monoisotopic (exact) mass is 341 g/mol. The molecule has 0 aromatic heterocycles. The molecule has 7 heteroatoms. The molecule has 0 saturated heterocycles. The molecule has 2 rings (SSSR count). The zero-order valence-electron chi connectivity index (χ0n) is 13.5. The van der Waals surface area contributed by atoms with Gasteiger partial charge in [-0.25, -0.2) is 0 Å². The van der Waals surface area contributed by atoms with E-state index >= 15 is 0 Å². The maximum Gasteiger partial charge on any atom is 0.387 e. The summed E-state index contributed by atoms with van der Waals surface area (Å²) in [5.74, 6) is -2.45. The van der Waals surface area contributed by atoms with E-state index in [2.05, 4.69) is 10.1 Å². The molecule has 0 spiro atoms. The standard InChI is InChI=1S/C17H21F2NO4/c1-9-10(2)14(16(22)23)13(9)15(21)20-8-7-11-5-3-4-6-12(11)24-17(18)19/h3-6,9-10,13-14,17H,7-8H2,1-2H3,(H,20,21)(H,22,23)/t9?,10?,13-,14+/m0/s1. The van der Waals surface area contributed by atoms with Crippen molar-refractivity contribution >= 4 is 11.9 Å². The highest BCUT2D eigenvalue weighted by molar-refractivity contribution is 5.87. The number of hydrogen-bond donors (Lipinski definition) is 2. The first-order valence-corrected chi connectivity index (χ1v) is 7.86. The van der Waals surface area contributed by atoms with Crippen LogP contribution in [0.2, 0.25) is 0 Å². The number of ether oxygens (including phenoxy) is 1. The third kappa shape index (κ3) is 3.83. The molecular formula is C17H21F2NO4. The Morgan fingerprint density at radius 1 is 1.21 bits per heavy atom. The Hall–Kier alpha value is -2.18. The molecule has 1 fully saturated rings. The van der Waals surface area contributed by atoms with Gasteiger partial charge in [-0.15, -0.1) is 0 Å². The van der Waals surface area contributed by atoms with Crippen LogP contribution in [0.3, 0.4) is 0 Å². The quantitative estimate of drug-likeness (QED) is 0.799. The van der Waals surface area contributed by atoms with Gasteiger partial charge in [0.05, 0.1) is 11.8 Å². The number of aliphatic carboxylic acids is 1. The Labute approximate surface area is 139 Å². The fourth-order valence-electron chi connectivity index (χ4n) is 3.30. The fraction of sp³-hybridized carbons (Fsp3) is 0.529. The first kappa shape index (κ1) is 18.2. The predicted molar refractivity (Wildman–Crippen MR) is 82.7 cm³/mol. The molecule has 1 aliphatic carbocycles. The summed E-state index contributed by atoms with van der Waals surface area (Å²) in [6, 6.07) is 6.39. The summed E-state index contributed by atoms with van der Waals surface area (Å²) in [7, 11) is 0. The molecule has 1 aromatic rings. The molecule has 0 radical (unpaired) electrons. The molecule has 4 atom stereocenters. The number of alkyl halides is 2. The van der Waals surface area contributed by atoms with Crippen LogP contribution in [0.15, 0.2) is 24.3 Å². The van der Waals surface area contributed by atoms with Crippen LogP contribution >= 0.6 is 0 Å². The topological polar surface area (TPSA) is 75.6 Å². The summed E-state index contributed by atoms with van der Waals surface area (Å²) < 4.78 is 29.2. The highest BCUT2D eigenvalue weighted by Gasteiger charge is 2.52. The second-order valence-electron chi connectivity index (χ2n) is 6.14. The molecule has 0 bridgehead atoms. The molecule has 132 valence electrons. The van der Waals surface area contributed by atoms with Crippen molar-refractivity contribution in [1.82, 2.24) is 5.32 Å². The van der Waals surface area contributed by atoms with Gasteiger partial charge in [0, 0.05) is 6.54 Å². The largest absolute Gasteiger partial charge is 0.481 e. The van der Waals surface area contributed by atoms with Gasteiger partial charge in [0.2, 0.25) is 5.91 Å². The van der Waals surface area contributed by atoms with Crippen molar-refractivity contribution in [3.63, 3.8) is 0 Å². The van der Waals surface area contributed by atoms with E-state index in [-0.39, 0.29) is 30.0 Å². The minimum atomic E-state index is -2.91. The number of carboxylic acid groups (broad SMARTS) is 1. The second-order valence-corrected chi connectivity index (χ2v) is 6.14. The number of halogens is 2. The summed E-state index contributed by atoms with van der Waals surface area (Å²) >= 11 is 0. The number of rotatable bonds is 7. The van der Waals surface area contributed by atoms with Gasteiger partial charge < -0.3 is 15.2 Å². The van der Waals surface area contributed by atoms with E-state index in [0.717, 1.165) is 0 Å². The van der Waals surface area contributed by atoms with Crippen molar-refractivity contribution in [2.45, 2.75) is 26.9 Å². The van der Waals surface area contributed by atoms with E-state index in [1.807, 2.05) is 13.8 Å². The third-order valence-electron chi connectivity index (χ3n) is 4.82. The van der Waals surface area contributed by atoms with Gasteiger partial charge in [0.15, 0.2) is 0 Å². The summed E-state index contributed by atoms with van der Waals surface area (Å²) in [5, 5.41) is 11.9. The van der Waals surface area contributed by atoms with Crippen LogP contribution in [0.25, 0.3) is 0 Å². The zero-order chi connectivity index (χ0) is 17.9. The predicted octanol–water partition coefficient (Wildman–Crippen LogP) is 2.55. The van der Waals surface area contributed by atoms with E-state index in [1.54, 1.807) is 18.2 Å². The highest BCUT2D eigenvalue weighted by Crippen LogP contribution is 2.45. The molecule has 2 unspecified atom stereocenters. The molecule has 1 saturated carbocycles. The molecule has 1 aromatic carbocycles. The first-order valence-electron chi connectivity index (χ1n) is 7.86. The summed E-state index contributed by atoms with van der Waals surface area (Å²) in [4.78, 5) is 23.5. The SMILES string of the molecule is CC1C(C)[C@H](C(=O)NCCc2ccccc2OC(F)F)[C@@H]1C(=O)O. The van der Waals surface area contributed by atoms with Crippen LogP contribution in [0, 0.1) is 23.7 Å². The van der Waals surface area contributed by atoms with E-state index in [1.165, 1.54) is 6.07 Å². The number of carboxylic acids is 1. The minimum absolute atomic E-state index is 0.000512. The Morgan fingerprint density at radius 2 is 1.83 bits per heavy atom. The van der Waals surface area contributed by atoms with Gasteiger partial charge in [-0.3, -0.25) is 9.59 Å². The number of carbonyl (C=O) groups excluding carboxylic acids is 1. The van der Waals surface area contributed by atoms with Gasteiger partial charge in [-0.05, 0) is 29.9 Å². The van der Waals surface area contributed by atoms with Crippen LogP contribution in [-0.2, 0) is 16.0 Å². The van der Waals surface area contributed by atoms with Crippen molar-refractivity contribution < 1.29 is 28.2 Å². The van der Waals surface area contributed by atoms with Gasteiger partial charge in [0.1, 0.15) is 5.75 Å². The molecule has 24 heavy (non-hydrogen) atoms. The van der Waals surface area contributed by atoms with E-state index < -0.39 is 24.4 Å². The summed E-state index contributed by atoms with van der Waals surface area (Å²) in [5.41, 5.74) is 0.558. The fourth-order valence-corrected chi connectivity index (χ4v) is 3.30. The lowest BCUT2D eigenvalue weighted by molar-refractivity contribution is -0.163. The van der Waals surface area contributed by atoms with Crippen molar-refractivity contribution in [3.05, 3.63) is 29.8 Å². The molecule has 0 aliphatic heterocycles. The summed E-state index contributed by atoms with van der Waals surface area (Å²) in [6.07, 6.45) is 0.322. The number of amides is 1. The van der Waals surface area contributed by atoms with E-state index in [4.69, 9.17) is 0 Å². The molecular weight excluding hydrogens is 320 g/mol. The molecule has 1 aliphatic rings. The number of hydrogen-bond acceptors (Lipinski definition) is 3. The average Bonchev–Trinajstić information content (AvgIpc) is 2.52. The Kier molecular flexibility index (Phi) is 5.75. The number of carbonyl (C=O) groups is 2. The molecule has 1 amide bonds. The molecule has 2 N–H and O–H groups in total. The van der Waals surface area contributed by atoms with Crippen molar-refractivity contribution in [1.29, 1.82) is 0 Å². The minimum Gasteiger partial charge on any atom is -0.481 e. The summed E-state index contributed by atoms with van der Waals surface area (Å²) in [6.45, 7) is 1.01. The lowest BCUT2D eigenvalue weighted by Crippen LogP contribution is -2.55. The number of para-hydroxylation sites is 1. The van der Waals surface area contributed by atoms with Crippen LogP contribution in [0.1, 0.15) is 19.4 Å². The average molecular weight is 341 g/mol. The highest BCUT2D eigenvalue weighted by atomic mass is 19.3.